The van der Waals surface area contributed by atoms with E-state index in [4.69, 9.17) is 0 Å². The number of rotatable bonds is 4. The largest absolute Gasteiger partial charge is 0.310 e. The van der Waals surface area contributed by atoms with Gasteiger partial charge in [-0.1, -0.05) is 0 Å². The average Bonchev–Trinajstić information content (AvgIpc) is 2.66. The third kappa shape index (κ3) is 2.01. The highest BCUT2D eigenvalue weighted by molar-refractivity contribution is 4.81. The fraction of sp³-hybridized carbons (Fsp3) is 0.714. The van der Waals surface area contributed by atoms with Gasteiger partial charge in [-0.2, -0.15) is 5.10 Å². The minimum atomic E-state index is 0.816. The maximum absolute atomic E-state index is 4.00. The van der Waals surface area contributed by atoms with E-state index < -0.39 is 0 Å². The molecule has 1 aromatic heterocycles. The molecule has 0 aliphatic heterocycles. The highest BCUT2D eigenvalue weighted by Gasteiger charge is 2.20. The van der Waals surface area contributed by atoms with Gasteiger partial charge in [0.1, 0.15) is 12.2 Å². The molecule has 4 heteroatoms. The summed E-state index contributed by atoms with van der Waals surface area (Å²) in [7, 11) is 0. The van der Waals surface area contributed by atoms with Gasteiger partial charge in [-0.3, -0.25) is 5.10 Å². The minimum absolute atomic E-state index is 0.816. The van der Waals surface area contributed by atoms with Crippen LogP contribution in [0, 0.1) is 5.92 Å². The monoisotopic (exact) mass is 152 g/mol. The number of aromatic amines is 1. The maximum atomic E-state index is 4.00. The molecule has 1 fully saturated rings. The van der Waals surface area contributed by atoms with E-state index >= 15 is 0 Å². The Morgan fingerprint density at radius 1 is 1.64 bits per heavy atom. The van der Waals surface area contributed by atoms with E-state index in [0.717, 1.165) is 24.8 Å². The highest BCUT2D eigenvalue weighted by Crippen LogP contribution is 2.27. The van der Waals surface area contributed by atoms with Gasteiger partial charge in [0.15, 0.2) is 0 Å². The Morgan fingerprint density at radius 2 is 2.55 bits per heavy atom. The van der Waals surface area contributed by atoms with Crippen molar-refractivity contribution in [3.8, 4) is 0 Å². The van der Waals surface area contributed by atoms with Gasteiger partial charge >= 0.3 is 0 Å². The van der Waals surface area contributed by atoms with Crippen molar-refractivity contribution in [3.63, 3.8) is 0 Å². The first-order valence-electron chi connectivity index (χ1n) is 4.00. The first-order chi connectivity index (χ1) is 5.45. The van der Waals surface area contributed by atoms with Crippen LogP contribution in [0.15, 0.2) is 6.33 Å². The summed E-state index contributed by atoms with van der Waals surface area (Å²) in [6.45, 7) is 1.94. The summed E-state index contributed by atoms with van der Waals surface area (Å²) in [6, 6.07) is 0. The van der Waals surface area contributed by atoms with Gasteiger partial charge in [0.25, 0.3) is 0 Å². The third-order valence-corrected chi connectivity index (χ3v) is 1.89. The molecule has 0 amide bonds. The molecule has 1 heterocycles. The van der Waals surface area contributed by atoms with Gasteiger partial charge in [-0.05, 0) is 25.3 Å². The van der Waals surface area contributed by atoms with Crippen LogP contribution in [-0.2, 0) is 6.54 Å². The third-order valence-electron chi connectivity index (χ3n) is 1.89. The Hall–Kier alpha value is -0.900. The molecular formula is C7H12N4. The Kier molecular flexibility index (Phi) is 1.85. The van der Waals surface area contributed by atoms with Crippen molar-refractivity contribution >= 4 is 0 Å². The molecule has 1 aliphatic carbocycles. The van der Waals surface area contributed by atoms with Crippen LogP contribution in [0.5, 0.6) is 0 Å². The van der Waals surface area contributed by atoms with Crippen molar-refractivity contribution in [2.45, 2.75) is 19.4 Å². The summed E-state index contributed by atoms with van der Waals surface area (Å²) in [4.78, 5) is 4.00. The summed E-state index contributed by atoms with van der Waals surface area (Å²) in [6.07, 6.45) is 4.32. The van der Waals surface area contributed by atoms with Gasteiger partial charge in [-0.25, -0.2) is 4.98 Å². The average molecular weight is 152 g/mol. The van der Waals surface area contributed by atoms with E-state index in [0.29, 0.717) is 0 Å². The Morgan fingerprint density at radius 3 is 3.18 bits per heavy atom. The number of H-pyrrole nitrogens is 1. The van der Waals surface area contributed by atoms with E-state index in [-0.39, 0.29) is 0 Å². The zero-order valence-corrected chi connectivity index (χ0v) is 6.38. The lowest BCUT2D eigenvalue weighted by atomic mass is 10.4. The van der Waals surface area contributed by atoms with E-state index in [1.54, 1.807) is 0 Å². The fourth-order valence-electron chi connectivity index (χ4n) is 1.03. The Bertz CT molecular complexity index is 202. The lowest BCUT2D eigenvalue weighted by molar-refractivity contribution is 0.620. The van der Waals surface area contributed by atoms with Crippen LogP contribution in [0.3, 0.4) is 0 Å². The van der Waals surface area contributed by atoms with Crippen molar-refractivity contribution < 1.29 is 0 Å². The molecule has 0 radical (unpaired) electrons. The van der Waals surface area contributed by atoms with Crippen LogP contribution in [-0.4, -0.2) is 21.7 Å². The number of nitrogens with zero attached hydrogens (tertiary/aromatic N) is 2. The van der Waals surface area contributed by atoms with Crippen molar-refractivity contribution in [2.75, 3.05) is 6.54 Å². The molecule has 0 bridgehead atoms. The van der Waals surface area contributed by atoms with Gasteiger partial charge in [0, 0.05) is 0 Å². The van der Waals surface area contributed by atoms with E-state index in [9.17, 15) is 0 Å². The van der Waals surface area contributed by atoms with Crippen LogP contribution in [0.1, 0.15) is 18.7 Å². The normalized spacial score (nSPS) is 17.1. The molecule has 2 N–H and O–H groups in total. The summed E-state index contributed by atoms with van der Waals surface area (Å²) in [5, 5.41) is 9.88. The number of aromatic nitrogens is 3. The van der Waals surface area contributed by atoms with Gasteiger partial charge < -0.3 is 5.32 Å². The molecule has 0 saturated heterocycles. The van der Waals surface area contributed by atoms with E-state index in [2.05, 4.69) is 20.5 Å². The first-order valence-corrected chi connectivity index (χ1v) is 4.00. The second-order valence-electron chi connectivity index (χ2n) is 3.01. The molecule has 0 atom stereocenters. The molecule has 0 unspecified atom stereocenters. The molecule has 1 aromatic rings. The predicted octanol–water partition coefficient (Wildman–Crippen LogP) is 0.304. The van der Waals surface area contributed by atoms with Crippen LogP contribution < -0.4 is 5.32 Å². The number of hydrogen-bond donors (Lipinski definition) is 2. The SMILES string of the molecule is c1n[nH]c(CNCC2CC2)n1. The van der Waals surface area contributed by atoms with Crippen LogP contribution >= 0.6 is 0 Å². The smallest absolute Gasteiger partial charge is 0.138 e. The molecular weight excluding hydrogens is 140 g/mol. The first kappa shape index (κ1) is 6.79. The molecule has 1 saturated carbocycles. The van der Waals surface area contributed by atoms with E-state index in [1.807, 2.05) is 0 Å². The molecule has 1 aliphatic rings. The molecule has 11 heavy (non-hydrogen) atoms. The van der Waals surface area contributed by atoms with Crippen LogP contribution in [0.2, 0.25) is 0 Å². The summed E-state index contributed by atoms with van der Waals surface area (Å²) < 4.78 is 0. The molecule has 2 rings (SSSR count). The number of hydrogen-bond acceptors (Lipinski definition) is 3. The second-order valence-corrected chi connectivity index (χ2v) is 3.01. The summed E-state index contributed by atoms with van der Waals surface area (Å²) in [5.41, 5.74) is 0. The van der Waals surface area contributed by atoms with Crippen molar-refractivity contribution in [3.05, 3.63) is 12.2 Å². The molecule has 0 aromatic carbocycles. The van der Waals surface area contributed by atoms with Crippen LogP contribution in [0.25, 0.3) is 0 Å². The molecule has 60 valence electrons. The fourth-order valence-corrected chi connectivity index (χ4v) is 1.03. The van der Waals surface area contributed by atoms with Crippen LogP contribution in [0.4, 0.5) is 0 Å². The Balaban J connectivity index is 1.66. The standard InChI is InChI=1S/C7H12N4/c1-2-6(1)3-8-4-7-9-5-10-11-7/h5-6,8H,1-4H2,(H,9,10,11). The highest BCUT2D eigenvalue weighted by atomic mass is 15.2. The van der Waals surface area contributed by atoms with Gasteiger partial charge in [-0.15, -0.1) is 0 Å². The second kappa shape index (κ2) is 3.00. The quantitative estimate of drug-likeness (QED) is 0.652. The minimum Gasteiger partial charge on any atom is -0.310 e. The Labute approximate surface area is 65.4 Å². The lowest BCUT2D eigenvalue weighted by Crippen LogP contribution is -2.16. The zero-order chi connectivity index (χ0) is 7.52. The molecule has 0 spiro atoms. The van der Waals surface area contributed by atoms with Crippen molar-refractivity contribution in [2.24, 2.45) is 5.92 Å². The predicted molar refractivity (Wildman–Crippen MR) is 40.8 cm³/mol. The summed E-state index contributed by atoms with van der Waals surface area (Å²) >= 11 is 0. The van der Waals surface area contributed by atoms with E-state index in [1.165, 1.54) is 19.2 Å². The van der Waals surface area contributed by atoms with Crippen molar-refractivity contribution in [1.82, 2.24) is 20.5 Å². The maximum Gasteiger partial charge on any atom is 0.138 e. The van der Waals surface area contributed by atoms with Gasteiger partial charge in [0.2, 0.25) is 0 Å². The molecule has 4 nitrogen and oxygen atoms in total. The van der Waals surface area contributed by atoms with Crippen molar-refractivity contribution in [1.29, 1.82) is 0 Å². The van der Waals surface area contributed by atoms with Gasteiger partial charge in [0.05, 0.1) is 6.54 Å². The lowest BCUT2D eigenvalue weighted by Gasteiger charge is -1.98. The zero-order valence-electron chi connectivity index (χ0n) is 6.38. The topological polar surface area (TPSA) is 53.6 Å². The number of nitrogens with one attached hydrogen (secondary N) is 2. The summed E-state index contributed by atoms with van der Waals surface area (Å²) in [5.74, 6) is 1.85.